The number of hydrogen-bond acceptors (Lipinski definition) is 3. The van der Waals surface area contributed by atoms with Gasteiger partial charge in [-0.1, -0.05) is 36.4 Å². The molecule has 1 aliphatic heterocycles. The van der Waals surface area contributed by atoms with Crippen LogP contribution >= 0.6 is 0 Å². The number of fused-ring (bicyclic) bond motifs is 1. The Balaban J connectivity index is 1.50. The minimum Gasteiger partial charge on any atom is -0.384 e. The Hall–Kier alpha value is -1.89. The van der Waals surface area contributed by atoms with E-state index in [4.69, 9.17) is 0 Å². The van der Waals surface area contributed by atoms with Crippen molar-refractivity contribution in [2.75, 3.05) is 26.2 Å². The first kappa shape index (κ1) is 19.9. The molecule has 1 atom stereocenters. The molecule has 27 heavy (non-hydrogen) atoms. The van der Waals surface area contributed by atoms with Gasteiger partial charge in [-0.25, -0.2) is 0 Å². The van der Waals surface area contributed by atoms with Gasteiger partial charge in [0.05, 0.1) is 11.2 Å². The second kappa shape index (κ2) is 8.00. The Morgan fingerprint density at radius 2 is 1.74 bits per heavy atom. The van der Waals surface area contributed by atoms with Crippen molar-refractivity contribution in [1.29, 1.82) is 0 Å². The van der Waals surface area contributed by atoms with E-state index in [9.17, 15) is 18.3 Å². The Kier molecular flexibility index (Phi) is 5.89. The van der Waals surface area contributed by atoms with Crippen LogP contribution in [0, 0.1) is 0 Å². The average molecular weight is 378 g/mol. The Morgan fingerprint density at radius 3 is 2.48 bits per heavy atom. The van der Waals surface area contributed by atoms with Crippen LogP contribution in [-0.2, 0) is 24.7 Å². The molecule has 3 nitrogen and oxygen atoms in total. The molecule has 146 valence electrons. The van der Waals surface area contributed by atoms with Crippen LogP contribution in [0.1, 0.15) is 29.2 Å². The molecule has 2 aromatic carbocycles. The molecular formula is C21H25F3N2O. The highest BCUT2D eigenvalue weighted by atomic mass is 19.4. The van der Waals surface area contributed by atoms with E-state index in [1.165, 1.54) is 30.2 Å². The van der Waals surface area contributed by atoms with Crippen molar-refractivity contribution in [3.05, 3.63) is 70.8 Å². The van der Waals surface area contributed by atoms with Crippen molar-refractivity contribution in [3.63, 3.8) is 0 Å². The van der Waals surface area contributed by atoms with Crippen LogP contribution in [0.2, 0.25) is 0 Å². The summed E-state index contributed by atoms with van der Waals surface area (Å²) in [6.45, 7) is 5.11. The molecular weight excluding hydrogens is 353 g/mol. The lowest BCUT2D eigenvalue weighted by Gasteiger charge is -2.30. The summed E-state index contributed by atoms with van der Waals surface area (Å²) in [6.07, 6.45) is -3.39. The molecule has 0 amide bonds. The van der Waals surface area contributed by atoms with Gasteiger partial charge in [0.2, 0.25) is 0 Å². The van der Waals surface area contributed by atoms with Gasteiger partial charge in [-0.05, 0) is 42.2 Å². The second-order valence-corrected chi connectivity index (χ2v) is 7.32. The van der Waals surface area contributed by atoms with Gasteiger partial charge < -0.3 is 10.4 Å². The summed E-state index contributed by atoms with van der Waals surface area (Å²) in [5.74, 6) is 0. The van der Waals surface area contributed by atoms with Crippen LogP contribution in [0.15, 0.2) is 48.5 Å². The quantitative estimate of drug-likeness (QED) is 0.755. The third-order valence-corrected chi connectivity index (χ3v) is 5.10. The summed E-state index contributed by atoms with van der Waals surface area (Å²) in [5.41, 5.74) is 0.897. The average Bonchev–Trinajstić information content (AvgIpc) is 2.64. The lowest BCUT2D eigenvalue weighted by molar-refractivity contribution is -0.137. The molecule has 1 aliphatic rings. The second-order valence-electron chi connectivity index (χ2n) is 7.32. The van der Waals surface area contributed by atoms with Gasteiger partial charge >= 0.3 is 6.18 Å². The molecule has 0 bridgehead atoms. The summed E-state index contributed by atoms with van der Waals surface area (Å²) in [5, 5.41) is 13.8. The van der Waals surface area contributed by atoms with E-state index in [-0.39, 0.29) is 12.1 Å². The van der Waals surface area contributed by atoms with E-state index >= 15 is 0 Å². The summed E-state index contributed by atoms with van der Waals surface area (Å²) >= 11 is 0. The summed E-state index contributed by atoms with van der Waals surface area (Å²) < 4.78 is 38.6. The zero-order valence-electron chi connectivity index (χ0n) is 15.4. The molecule has 2 aromatic rings. The van der Waals surface area contributed by atoms with Gasteiger partial charge in [0, 0.05) is 32.7 Å². The smallest absolute Gasteiger partial charge is 0.384 e. The first-order chi connectivity index (χ1) is 12.8. The van der Waals surface area contributed by atoms with Crippen molar-refractivity contribution < 1.29 is 18.3 Å². The van der Waals surface area contributed by atoms with E-state index in [1.54, 1.807) is 0 Å². The van der Waals surface area contributed by atoms with Gasteiger partial charge in [0.1, 0.15) is 0 Å². The maximum atomic E-state index is 12.9. The standard InChI is InChI=1S/C21H25F3N2O/c1-20(27,18-7-4-8-19(13-18)21(22,23)24)15-25-10-12-26-11-9-16-5-2-3-6-17(16)14-26/h2-8,13,25,27H,9-12,14-15H2,1H3. The van der Waals surface area contributed by atoms with Crippen molar-refractivity contribution >= 4 is 0 Å². The Labute approximate surface area is 157 Å². The molecule has 0 saturated heterocycles. The molecule has 1 unspecified atom stereocenters. The molecule has 0 saturated carbocycles. The lowest BCUT2D eigenvalue weighted by atomic mass is 9.94. The van der Waals surface area contributed by atoms with Crippen molar-refractivity contribution in [3.8, 4) is 0 Å². The zero-order valence-corrected chi connectivity index (χ0v) is 15.4. The Bertz CT molecular complexity index is 774. The molecule has 0 spiro atoms. The third-order valence-electron chi connectivity index (χ3n) is 5.10. The van der Waals surface area contributed by atoms with Gasteiger partial charge in [-0.15, -0.1) is 0 Å². The predicted molar refractivity (Wildman–Crippen MR) is 99.3 cm³/mol. The first-order valence-corrected chi connectivity index (χ1v) is 9.16. The first-order valence-electron chi connectivity index (χ1n) is 9.16. The van der Waals surface area contributed by atoms with Crippen molar-refractivity contribution in [1.82, 2.24) is 10.2 Å². The monoisotopic (exact) mass is 378 g/mol. The molecule has 0 aromatic heterocycles. The lowest BCUT2D eigenvalue weighted by Crippen LogP contribution is -2.40. The molecule has 6 heteroatoms. The summed E-state index contributed by atoms with van der Waals surface area (Å²) in [6, 6.07) is 13.3. The molecule has 1 heterocycles. The molecule has 0 fully saturated rings. The highest BCUT2D eigenvalue weighted by molar-refractivity contribution is 5.30. The van der Waals surface area contributed by atoms with Crippen LogP contribution in [0.3, 0.4) is 0 Å². The van der Waals surface area contributed by atoms with E-state index in [0.717, 1.165) is 38.2 Å². The van der Waals surface area contributed by atoms with Crippen LogP contribution in [0.5, 0.6) is 0 Å². The molecule has 0 radical (unpaired) electrons. The van der Waals surface area contributed by atoms with Crippen LogP contribution in [0.4, 0.5) is 13.2 Å². The van der Waals surface area contributed by atoms with Crippen LogP contribution in [0.25, 0.3) is 0 Å². The topological polar surface area (TPSA) is 35.5 Å². The highest BCUT2D eigenvalue weighted by Crippen LogP contribution is 2.32. The number of benzene rings is 2. The van der Waals surface area contributed by atoms with Gasteiger partial charge in [-0.2, -0.15) is 13.2 Å². The Morgan fingerprint density at radius 1 is 1.04 bits per heavy atom. The molecule has 3 rings (SSSR count). The fourth-order valence-electron chi connectivity index (χ4n) is 3.45. The predicted octanol–water partition coefficient (Wildman–Crippen LogP) is 3.56. The number of nitrogens with one attached hydrogen (secondary N) is 1. The minimum absolute atomic E-state index is 0.193. The van der Waals surface area contributed by atoms with Crippen molar-refractivity contribution in [2.24, 2.45) is 0 Å². The van der Waals surface area contributed by atoms with Crippen LogP contribution in [-0.4, -0.2) is 36.2 Å². The van der Waals surface area contributed by atoms with Gasteiger partial charge in [0.15, 0.2) is 0 Å². The number of rotatable bonds is 6. The van der Waals surface area contributed by atoms with E-state index in [0.29, 0.717) is 6.54 Å². The maximum absolute atomic E-state index is 12.9. The number of halogens is 3. The SMILES string of the molecule is CC(O)(CNCCN1CCc2ccccc2C1)c1cccc(C(F)(F)F)c1. The number of nitrogens with zero attached hydrogens (tertiary/aromatic N) is 1. The van der Waals surface area contributed by atoms with E-state index in [2.05, 4.69) is 28.4 Å². The molecule has 0 aliphatic carbocycles. The number of alkyl halides is 3. The van der Waals surface area contributed by atoms with Crippen molar-refractivity contribution in [2.45, 2.75) is 31.7 Å². The third kappa shape index (κ3) is 5.09. The number of aliphatic hydroxyl groups is 1. The fourth-order valence-corrected chi connectivity index (χ4v) is 3.45. The molecule has 2 N–H and O–H groups in total. The van der Waals surface area contributed by atoms with Gasteiger partial charge in [-0.3, -0.25) is 4.90 Å². The summed E-state index contributed by atoms with van der Waals surface area (Å²) in [4.78, 5) is 2.34. The minimum atomic E-state index is -4.41. The van der Waals surface area contributed by atoms with Crippen LogP contribution < -0.4 is 5.32 Å². The summed E-state index contributed by atoms with van der Waals surface area (Å²) in [7, 11) is 0. The zero-order chi connectivity index (χ0) is 19.5. The maximum Gasteiger partial charge on any atom is 0.416 e. The number of hydrogen-bond donors (Lipinski definition) is 2. The largest absolute Gasteiger partial charge is 0.416 e. The van der Waals surface area contributed by atoms with Gasteiger partial charge in [0.25, 0.3) is 0 Å². The van der Waals surface area contributed by atoms with E-state index < -0.39 is 17.3 Å². The normalized spacial score (nSPS) is 17.4. The fraction of sp³-hybridized carbons (Fsp3) is 0.429. The van der Waals surface area contributed by atoms with E-state index in [1.807, 2.05) is 6.07 Å². The highest BCUT2D eigenvalue weighted by Gasteiger charge is 2.32.